The van der Waals surface area contributed by atoms with Gasteiger partial charge in [-0.3, -0.25) is 0 Å². The van der Waals surface area contributed by atoms with E-state index in [4.69, 9.17) is 19.8 Å². The first-order valence-electron chi connectivity index (χ1n) is 7.88. The Labute approximate surface area is 150 Å². The second kappa shape index (κ2) is 9.04. The summed E-state index contributed by atoms with van der Waals surface area (Å²) in [4.78, 5) is 22.6. The number of aromatic carboxylic acids is 1. The van der Waals surface area contributed by atoms with Crippen molar-refractivity contribution in [2.24, 2.45) is 0 Å². The molecule has 0 aliphatic rings. The van der Waals surface area contributed by atoms with Crippen LogP contribution in [-0.2, 0) is 16.1 Å². The van der Waals surface area contributed by atoms with Gasteiger partial charge in [0.2, 0.25) is 0 Å². The number of carbonyl (C=O) groups excluding carboxylic acids is 1. The van der Waals surface area contributed by atoms with E-state index in [2.05, 4.69) is 0 Å². The van der Waals surface area contributed by atoms with Gasteiger partial charge in [-0.05, 0) is 36.8 Å². The predicted octanol–water partition coefficient (Wildman–Crippen LogP) is 3.43. The van der Waals surface area contributed by atoms with E-state index in [-0.39, 0.29) is 24.4 Å². The fourth-order valence-corrected chi connectivity index (χ4v) is 2.14. The Bertz CT molecular complexity index is 863. The average Bonchev–Trinajstić information content (AvgIpc) is 2.65. The molecule has 0 spiro atoms. The number of carbonyl (C=O) groups is 2. The summed E-state index contributed by atoms with van der Waals surface area (Å²) in [6, 6.07) is 15.1. The van der Waals surface area contributed by atoms with Gasteiger partial charge in [0.25, 0.3) is 0 Å². The number of carboxylic acids is 1. The lowest BCUT2D eigenvalue weighted by Gasteiger charge is -2.10. The summed E-state index contributed by atoms with van der Waals surface area (Å²) in [6.07, 6.45) is 1.42. The molecule has 0 fully saturated rings. The first-order chi connectivity index (χ1) is 12.5. The van der Waals surface area contributed by atoms with Crippen LogP contribution in [0.1, 0.15) is 28.4 Å². The van der Waals surface area contributed by atoms with Crippen LogP contribution in [0.5, 0.6) is 5.75 Å². The first kappa shape index (κ1) is 18.7. The lowest BCUT2D eigenvalue weighted by Crippen LogP contribution is -2.06. The minimum Gasteiger partial charge on any atom is -0.488 e. The zero-order chi connectivity index (χ0) is 18.9. The number of hydrogen-bond donors (Lipinski definition) is 1. The third-order valence-electron chi connectivity index (χ3n) is 3.43. The van der Waals surface area contributed by atoms with Crippen LogP contribution in [0.2, 0.25) is 0 Å². The Morgan fingerprint density at radius 3 is 2.46 bits per heavy atom. The summed E-state index contributed by atoms with van der Waals surface area (Å²) in [5.74, 6) is -1.18. The van der Waals surface area contributed by atoms with Crippen molar-refractivity contribution in [3.63, 3.8) is 0 Å². The van der Waals surface area contributed by atoms with E-state index in [9.17, 15) is 9.59 Å². The van der Waals surface area contributed by atoms with Crippen LogP contribution < -0.4 is 4.74 Å². The molecule has 0 saturated carbocycles. The average molecular weight is 351 g/mol. The topological polar surface area (TPSA) is 96.6 Å². The number of benzene rings is 2. The minimum absolute atomic E-state index is 0.117. The molecule has 0 atom stereocenters. The van der Waals surface area contributed by atoms with Gasteiger partial charge in [-0.1, -0.05) is 30.3 Å². The third-order valence-corrected chi connectivity index (χ3v) is 3.43. The first-order valence-corrected chi connectivity index (χ1v) is 7.88. The number of nitriles is 1. The van der Waals surface area contributed by atoms with Crippen molar-refractivity contribution in [1.29, 1.82) is 5.26 Å². The molecule has 2 aromatic carbocycles. The number of hydrogen-bond acceptors (Lipinski definition) is 5. The lowest BCUT2D eigenvalue weighted by molar-refractivity contribution is -0.137. The number of nitrogens with zero attached hydrogens (tertiary/aromatic N) is 1. The number of para-hydroxylation sites is 1. The van der Waals surface area contributed by atoms with E-state index < -0.39 is 11.9 Å². The van der Waals surface area contributed by atoms with Gasteiger partial charge < -0.3 is 14.6 Å². The molecule has 6 nitrogen and oxygen atoms in total. The minimum atomic E-state index is -0.990. The molecule has 1 N–H and O–H groups in total. The summed E-state index contributed by atoms with van der Waals surface area (Å²) in [7, 11) is 0. The highest BCUT2D eigenvalue weighted by atomic mass is 16.5. The van der Waals surface area contributed by atoms with Crippen molar-refractivity contribution in [2.45, 2.75) is 13.5 Å². The number of rotatable bonds is 7. The maximum Gasteiger partial charge on any atom is 0.348 e. The van der Waals surface area contributed by atoms with E-state index >= 15 is 0 Å². The molecule has 0 heterocycles. The number of esters is 1. The summed E-state index contributed by atoms with van der Waals surface area (Å²) < 4.78 is 10.6. The molecule has 2 aromatic rings. The van der Waals surface area contributed by atoms with Crippen molar-refractivity contribution in [1.82, 2.24) is 0 Å². The van der Waals surface area contributed by atoms with E-state index in [0.29, 0.717) is 11.3 Å². The zero-order valence-electron chi connectivity index (χ0n) is 14.1. The van der Waals surface area contributed by atoms with Gasteiger partial charge in [0, 0.05) is 5.56 Å². The molecule has 6 heteroatoms. The molecule has 132 valence electrons. The fourth-order valence-electron chi connectivity index (χ4n) is 2.14. The van der Waals surface area contributed by atoms with E-state index in [1.165, 1.54) is 18.2 Å². The maximum atomic E-state index is 11.8. The maximum absolute atomic E-state index is 11.8. The molecule has 0 bridgehead atoms. The monoisotopic (exact) mass is 351 g/mol. The van der Waals surface area contributed by atoms with Gasteiger partial charge in [-0.15, -0.1) is 0 Å². The summed E-state index contributed by atoms with van der Waals surface area (Å²) in [5.41, 5.74) is 1.44. The SMILES string of the molecule is CCOC(=O)/C(C#N)=C/c1ccccc1OCc1ccc(C(=O)O)cc1. The van der Waals surface area contributed by atoms with Gasteiger partial charge in [0.05, 0.1) is 12.2 Å². The van der Waals surface area contributed by atoms with Crippen LogP contribution in [-0.4, -0.2) is 23.7 Å². The summed E-state index contributed by atoms with van der Waals surface area (Å²) in [5, 5.41) is 18.1. The Balaban J connectivity index is 2.17. The molecule has 0 aromatic heterocycles. The Kier molecular flexibility index (Phi) is 6.52. The Morgan fingerprint density at radius 1 is 1.15 bits per heavy atom. The molecule has 26 heavy (non-hydrogen) atoms. The lowest BCUT2D eigenvalue weighted by atomic mass is 10.1. The van der Waals surface area contributed by atoms with Gasteiger partial charge in [0.1, 0.15) is 24.0 Å². The second-order valence-corrected chi connectivity index (χ2v) is 5.22. The zero-order valence-corrected chi connectivity index (χ0v) is 14.1. The Hall–Kier alpha value is -3.59. The molecule has 0 amide bonds. The number of ether oxygens (including phenoxy) is 2. The van der Waals surface area contributed by atoms with Gasteiger partial charge >= 0.3 is 11.9 Å². The van der Waals surface area contributed by atoms with Crippen molar-refractivity contribution in [3.8, 4) is 11.8 Å². The fraction of sp³-hybridized carbons (Fsp3) is 0.150. The summed E-state index contributed by atoms with van der Waals surface area (Å²) in [6.45, 7) is 2.06. The highest BCUT2D eigenvalue weighted by molar-refractivity contribution is 5.98. The molecular formula is C20H17NO5. The molecular weight excluding hydrogens is 334 g/mol. The van der Waals surface area contributed by atoms with Gasteiger partial charge in [-0.2, -0.15) is 5.26 Å². The molecule has 0 radical (unpaired) electrons. The largest absolute Gasteiger partial charge is 0.488 e. The van der Waals surface area contributed by atoms with Crippen molar-refractivity contribution >= 4 is 18.0 Å². The smallest absolute Gasteiger partial charge is 0.348 e. The van der Waals surface area contributed by atoms with Crippen molar-refractivity contribution in [2.75, 3.05) is 6.61 Å². The van der Waals surface area contributed by atoms with E-state index in [1.807, 2.05) is 6.07 Å². The van der Waals surface area contributed by atoms with Crippen LogP contribution in [0.25, 0.3) is 6.08 Å². The molecule has 0 aliphatic heterocycles. The second-order valence-electron chi connectivity index (χ2n) is 5.22. The molecule has 0 saturated heterocycles. The summed E-state index contributed by atoms with van der Waals surface area (Å²) >= 11 is 0. The third kappa shape index (κ3) is 4.95. The van der Waals surface area contributed by atoms with E-state index in [0.717, 1.165) is 5.56 Å². The molecule has 0 unspecified atom stereocenters. The highest BCUT2D eigenvalue weighted by Crippen LogP contribution is 2.22. The quantitative estimate of drug-likeness (QED) is 0.466. The van der Waals surface area contributed by atoms with Crippen LogP contribution in [0.4, 0.5) is 0 Å². The number of carboxylic acid groups (broad SMARTS) is 1. The van der Waals surface area contributed by atoms with Gasteiger partial charge in [-0.25, -0.2) is 9.59 Å². The van der Waals surface area contributed by atoms with Crippen molar-refractivity contribution < 1.29 is 24.2 Å². The standard InChI is InChI=1S/C20H17NO5/c1-2-25-20(24)17(12-21)11-16-5-3-4-6-18(16)26-13-14-7-9-15(10-8-14)19(22)23/h3-11H,2,13H2,1H3,(H,22,23)/b17-11+. The molecule has 0 aliphatic carbocycles. The predicted molar refractivity (Wildman–Crippen MR) is 94.4 cm³/mol. The van der Waals surface area contributed by atoms with Crippen LogP contribution >= 0.6 is 0 Å². The van der Waals surface area contributed by atoms with Crippen LogP contribution in [0, 0.1) is 11.3 Å². The van der Waals surface area contributed by atoms with Crippen molar-refractivity contribution in [3.05, 3.63) is 70.8 Å². The van der Waals surface area contributed by atoms with Crippen LogP contribution in [0.15, 0.2) is 54.1 Å². The Morgan fingerprint density at radius 2 is 1.85 bits per heavy atom. The normalized spacial score (nSPS) is 10.7. The van der Waals surface area contributed by atoms with Gasteiger partial charge in [0.15, 0.2) is 0 Å². The molecule has 2 rings (SSSR count). The van der Waals surface area contributed by atoms with Crippen LogP contribution in [0.3, 0.4) is 0 Å². The highest BCUT2D eigenvalue weighted by Gasteiger charge is 2.11. The van der Waals surface area contributed by atoms with E-state index in [1.54, 1.807) is 43.3 Å².